The summed E-state index contributed by atoms with van der Waals surface area (Å²) in [6.07, 6.45) is 5.32. The van der Waals surface area contributed by atoms with Crippen molar-refractivity contribution in [2.75, 3.05) is 0 Å². The molecule has 2 aliphatic carbocycles. The zero-order valence-electron chi connectivity index (χ0n) is 13.5. The molecule has 0 radical (unpaired) electrons. The van der Waals surface area contributed by atoms with Crippen molar-refractivity contribution in [1.82, 2.24) is 0 Å². The summed E-state index contributed by atoms with van der Waals surface area (Å²) >= 11 is 0. The summed E-state index contributed by atoms with van der Waals surface area (Å²) in [6, 6.07) is 8.03. The zero-order chi connectivity index (χ0) is 16.2. The van der Waals surface area contributed by atoms with Gasteiger partial charge in [0.05, 0.1) is 12.2 Å². The minimum absolute atomic E-state index is 0.192. The third-order valence-electron chi connectivity index (χ3n) is 5.48. The van der Waals surface area contributed by atoms with E-state index >= 15 is 0 Å². The highest BCUT2D eigenvalue weighted by Gasteiger charge is 2.72. The second-order valence-electron chi connectivity index (χ2n) is 7.11. The van der Waals surface area contributed by atoms with E-state index in [1.54, 1.807) is 0 Å². The van der Waals surface area contributed by atoms with Crippen molar-refractivity contribution in [3.8, 4) is 0 Å². The molecule has 0 spiro atoms. The molecule has 1 aromatic carbocycles. The lowest BCUT2D eigenvalue weighted by Crippen LogP contribution is -2.50. The highest BCUT2D eigenvalue weighted by atomic mass is 16.6. The maximum Gasteiger partial charge on any atom is 0.318 e. The Bertz CT molecular complexity index is 680. The Hall–Kier alpha value is -1.65. The van der Waals surface area contributed by atoms with Crippen LogP contribution in [0.25, 0.3) is 6.08 Å². The summed E-state index contributed by atoms with van der Waals surface area (Å²) in [7, 11) is 0. The number of aliphatic hydroxyl groups is 1. The molecule has 4 nitrogen and oxygen atoms in total. The van der Waals surface area contributed by atoms with Gasteiger partial charge in [0, 0.05) is 12.3 Å². The maximum atomic E-state index is 13.0. The summed E-state index contributed by atoms with van der Waals surface area (Å²) in [5.74, 6) is -1.96. The molecule has 1 aromatic rings. The number of esters is 1. The van der Waals surface area contributed by atoms with Gasteiger partial charge in [-0.15, -0.1) is 0 Å². The number of carbonyl (C=O) groups is 1. The van der Waals surface area contributed by atoms with Crippen molar-refractivity contribution in [2.24, 2.45) is 5.41 Å². The van der Waals surface area contributed by atoms with E-state index in [0.717, 1.165) is 17.5 Å². The van der Waals surface area contributed by atoms with E-state index in [1.165, 1.54) is 0 Å². The van der Waals surface area contributed by atoms with E-state index in [9.17, 15) is 9.90 Å². The highest BCUT2D eigenvalue weighted by Crippen LogP contribution is 2.64. The van der Waals surface area contributed by atoms with Crippen LogP contribution >= 0.6 is 0 Å². The first kappa shape index (κ1) is 14.9. The molecule has 2 fully saturated rings. The fourth-order valence-electron chi connectivity index (χ4n) is 4.61. The molecule has 2 unspecified atom stereocenters. The minimum atomic E-state index is -1.43. The van der Waals surface area contributed by atoms with Crippen LogP contribution in [0.5, 0.6) is 0 Å². The predicted octanol–water partition coefficient (Wildman–Crippen LogP) is 3.01. The monoisotopic (exact) mass is 314 g/mol. The molecule has 0 aromatic heterocycles. The van der Waals surface area contributed by atoms with Crippen LogP contribution in [0.15, 0.2) is 30.3 Å². The molecule has 4 heteroatoms. The van der Waals surface area contributed by atoms with Crippen molar-refractivity contribution in [3.63, 3.8) is 0 Å². The van der Waals surface area contributed by atoms with Gasteiger partial charge in [-0.05, 0) is 37.8 Å². The van der Waals surface area contributed by atoms with E-state index in [0.29, 0.717) is 12.8 Å². The summed E-state index contributed by atoms with van der Waals surface area (Å²) in [5, 5.41) is 11.2. The number of hydrogen-bond acceptors (Lipinski definition) is 4. The highest BCUT2D eigenvalue weighted by molar-refractivity contribution is 5.82. The molecule has 4 rings (SSSR count). The number of ether oxygens (including phenoxy) is 2. The quantitative estimate of drug-likeness (QED) is 0.853. The van der Waals surface area contributed by atoms with E-state index in [-0.39, 0.29) is 24.1 Å². The Morgan fingerprint density at radius 2 is 2.13 bits per heavy atom. The number of fused-ring (bicyclic) bond motifs is 5. The van der Waals surface area contributed by atoms with Crippen LogP contribution in [-0.2, 0) is 14.3 Å². The van der Waals surface area contributed by atoms with Crippen LogP contribution < -0.4 is 0 Å². The van der Waals surface area contributed by atoms with Gasteiger partial charge in [0.15, 0.2) is 5.79 Å². The largest absolute Gasteiger partial charge is 0.462 e. The van der Waals surface area contributed by atoms with Crippen molar-refractivity contribution in [1.29, 1.82) is 0 Å². The Morgan fingerprint density at radius 1 is 1.35 bits per heavy atom. The molecule has 0 amide bonds. The van der Waals surface area contributed by atoms with E-state index in [4.69, 9.17) is 9.47 Å². The first-order chi connectivity index (χ1) is 11.0. The molecule has 122 valence electrons. The Morgan fingerprint density at radius 3 is 2.91 bits per heavy atom. The Kier molecular flexibility index (Phi) is 3.19. The Labute approximate surface area is 136 Å². The first-order valence-electron chi connectivity index (χ1n) is 8.36. The second-order valence-corrected chi connectivity index (χ2v) is 7.11. The lowest BCUT2D eigenvalue weighted by Gasteiger charge is -2.37. The maximum absolute atomic E-state index is 13.0. The molecule has 1 saturated carbocycles. The molecule has 0 bridgehead atoms. The van der Waals surface area contributed by atoms with Crippen molar-refractivity contribution in [3.05, 3.63) is 41.5 Å². The molecule has 1 N–H and O–H groups in total. The lowest BCUT2D eigenvalue weighted by molar-refractivity contribution is -0.230. The van der Waals surface area contributed by atoms with Gasteiger partial charge in [0.25, 0.3) is 0 Å². The molecule has 1 saturated heterocycles. The van der Waals surface area contributed by atoms with Gasteiger partial charge in [-0.3, -0.25) is 4.79 Å². The zero-order valence-corrected chi connectivity index (χ0v) is 13.5. The van der Waals surface area contributed by atoms with Gasteiger partial charge in [0.2, 0.25) is 0 Å². The fourth-order valence-corrected chi connectivity index (χ4v) is 4.61. The molecule has 3 aliphatic rings. The topological polar surface area (TPSA) is 55.8 Å². The first-order valence-corrected chi connectivity index (χ1v) is 8.36. The molecule has 1 heterocycles. The normalized spacial score (nSPS) is 37.4. The molecule has 4 atom stereocenters. The predicted molar refractivity (Wildman–Crippen MR) is 85.6 cm³/mol. The van der Waals surface area contributed by atoms with E-state index in [1.807, 2.05) is 50.3 Å². The lowest BCUT2D eigenvalue weighted by atomic mass is 9.65. The van der Waals surface area contributed by atoms with Crippen molar-refractivity contribution in [2.45, 2.75) is 57.0 Å². The third kappa shape index (κ3) is 1.88. The van der Waals surface area contributed by atoms with E-state index in [2.05, 4.69) is 0 Å². The minimum Gasteiger partial charge on any atom is -0.462 e. The molecule has 1 aliphatic heterocycles. The fraction of sp³-hybridized carbons (Fsp3) is 0.526. The van der Waals surface area contributed by atoms with Gasteiger partial charge in [-0.1, -0.05) is 36.4 Å². The van der Waals surface area contributed by atoms with Crippen LogP contribution in [0.4, 0.5) is 0 Å². The van der Waals surface area contributed by atoms with Crippen LogP contribution in [0.3, 0.4) is 0 Å². The summed E-state index contributed by atoms with van der Waals surface area (Å²) < 4.78 is 11.6. The summed E-state index contributed by atoms with van der Waals surface area (Å²) in [5.41, 5.74) is 1.15. The number of rotatable bonds is 2. The smallest absolute Gasteiger partial charge is 0.318 e. The third-order valence-corrected chi connectivity index (χ3v) is 5.48. The van der Waals surface area contributed by atoms with Gasteiger partial charge in [-0.25, -0.2) is 0 Å². The number of carbonyl (C=O) groups excluding carboxylic acids is 1. The van der Waals surface area contributed by atoms with Gasteiger partial charge < -0.3 is 14.6 Å². The van der Waals surface area contributed by atoms with Crippen LogP contribution in [-0.4, -0.2) is 29.1 Å². The SMILES string of the molecule is CC(C)OC(=O)[C@]12CCC[C@@]1(O)OC1C=Cc3ccccc3C12. The number of benzene rings is 1. The van der Waals surface area contributed by atoms with Gasteiger partial charge in [0.1, 0.15) is 5.41 Å². The van der Waals surface area contributed by atoms with Gasteiger partial charge in [-0.2, -0.15) is 0 Å². The summed E-state index contributed by atoms with van der Waals surface area (Å²) in [4.78, 5) is 13.0. The second kappa shape index (κ2) is 4.92. The van der Waals surface area contributed by atoms with Crippen molar-refractivity contribution < 1.29 is 19.4 Å². The average molecular weight is 314 g/mol. The standard InChI is InChI=1S/C19H22O4/c1-12(2)22-17(20)18-10-5-11-19(18,21)23-15-9-8-13-6-3-4-7-14(13)16(15)18/h3-4,6-9,12,15-16,21H,5,10-11H2,1-2H3/t15?,16?,18-,19-/m1/s1. The van der Waals surface area contributed by atoms with Crippen molar-refractivity contribution >= 4 is 12.0 Å². The molecular formula is C19H22O4. The molecule has 23 heavy (non-hydrogen) atoms. The summed E-state index contributed by atoms with van der Waals surface area (Å²) in [6.45, 7) is 3.68. The van der Waals surface area contributed by atoms with E-state index < -0.39 is 11.2 Å². The average Bonchev–Trinajstić information content (AvgIpc) is 2.95. The van der Waals surface area contributed by atoms with Gasteiger partial charge >= 0.3 is 5.97 Å². The van der Waals surface area contributed by atoms with Crippen LogP contribution in [0, 0.1) is 5.41 Å². The van der Waals surface area contributed by atoms with Crippen LogP contribution in [0.1, 0.15) is 50.2 Å². The molecular weight excluding hydrogens is 292 g/mol. The van der Waals surface area contributed by atoms with Crippen LogP contribution in [0.2, 0.25) is 0 Å². The number of hydrogen-bond donors (Lipinski definition) is 1. The Balaban J connectivity index is 1.87.